The van der Waals surface area contributed by atoms with E-state index in [9.17, 15) is 4.79 Å². The molecule has 7 heteroatoms. The van der Waals surface area contributed by atoms with Gasteiger partial charge in [0.05, 0.1) is 15.6 Å². The van der Waals surface area contributed by atoms with Gasteiger partial charge in [0.2, 0.25) is 5.91 Å². The van der Waals surface area contributed by atoms with Gasteiger partial charge in [0.1, 0.15) is 0 Å². The predicted octanol–water partition coefficient (Wildman–Crippen LogP) is 5.87. The highest BCUT2D eigenvalue weighted by molar-refractivity contribution is 9.10. The maximum absolute atomic E-state index is 13.7. The minimum absolute atomic E-state index is 0.287. The van der Waals surface area contributed by atoms with Gasteiger partial charge in [-0.25, -0.2) is 4.98 Å². The average molecular weight is 505 g/mol. The van der Waals surface area contributed by atoms with Crippen LogP contribution in [0.1, 0.15) is 31.2 Å². The molecule has 1 saturated heterocycles. The molecule has 156 valence electrons. The predicted molar refractivity (Wildman–Crippen MR) is 128 cm³/mol. The summed E-state index contributed by atoms with van der Waals surface area (Å²) in [6.45, 7) is 3.13. The molecule has 1 amide bonds. The number of carbonyl (C=O) groups is 1. The van der Waals surface area contributed by atoms with E-state index in [1.165, 1.54) is 4.70 Å². The van der Waals surface area contributed by atoms with E-state index in [2.05, 4.69) is 37.9 Å². The second-order valence-corrected chi connectivity index (χ2v) is 10.5. The van der Waals surface area contributed by atoms with Gasteiger partial charge in [-0.2, -0.15) is 0 Å². The zero-order chi connectivity index (χ0) is 20.7. The maximum Gasteiger partial charge on any atom is 0.233 e. The Morgan fingerprint density at radius 3 is 2.43 bits per heavy atom. The Bertz CT molecular complexity index is 1070. The van der Waals surface area contributed by atoms with E-state index in [1.54, 1.807) is 11.3 Å². The summed E-state index contributed by atoms with van der Waals surface area (Å²) in [4.78, 5) is 22.9. The van der Waals surface area contributed by atoms with E-state index >= 15 is 0 Å². The lowest BCUT2D eigenvalue weighted by atomic mass is 9.77. The van der Waals surface area contributed by atoms with Gasteiger partial charge in [-0.3, -0.25) is 4.79 Å². The fraction of sp³-hybridized carbons (Fsp3) is 0.391. The summed E-state index contributed by atoms with van der Waals surface area (Å²) in [6.07, 6.45) is 4.08. The highest BCUT2D eigenvalue weighted by atomic mass is 79.9. The topological polar surface area (TPSA) is 36.4 Å². The van der Waals surface area contributed by atoms with E-state index < -0.39 is 0 Å². The summed E-state index contributed by atoms with van der Waals surface area (Å²) >= 11 is 11.4. The van der Waals surface area contributed by atoms with Crippen molar-refractivity contribution in [2.75, 3.05) is 31.1 Å². The van der Waals surface area contributed by atoms with Gasteiger partial charge in [0, 0.05) is 35.7 Å². The Balaban J connectivity index is 1.32. The molecule has 1 aromatic heterocycles. The second-order valence-electron chi connectivity index (χ2n) is 8.18. The summed E-state index contributed by atoms with van der Waals surface area (Å²) in [5.74, 6) is 0.287. The zero-order valence-corrected chi connectivity index (χ0v) is 19.8. The molecule has 4 nitrogen and oxygen atoms in total. The Morgan fingerprint density at radius 2 is 1.73 bits per heavy atom. The molecule has 1 aliphatic carbocycles. The van der Waals surface area contributed by atoms with Crippen molar-refractivity contribution in [3.63, 3.8) is 0 Å². The van der Waals surface area contributed by atoms with Crippen LogP contribution >= 0.6 is 38.9 Å². The number of fused-ring (bicyclic) bond motifs is 1. The molecule has 2 heterocycles. The van der Waals surface area contributed by atoms with Crippen LogP contribution in [0.5, 0.6) is 0 Å². The van der Waals surface area contributed by atoms with E-state index in [-0.39, 0.29) is 11.3 Å². The first-order valence-electron chi connectivity index (χ1n) is 10.4. The molecule has 2 fully saturated rings. The molecule has 0 spiro atoms. The number of hydrogen-bond donors (Lipinski definition) is 0. The van der Waals surface area contributed by atoms with Crippen LogP contribution in [0.2, 0.25) is 5.02 Å². The molecule has 2 aliphatic rings. The van der Waals surface area contributed by atoms with Crippen LogP contribution in [0.3, 0.4) is 0 Å². The Kier molecular flexibility index (Phi) is 5.50. The van der Waals surface area contributed by atoms with Crippen molar-refractivity contribution in [2.45, 2.75) is 31.1 Å². The van der Waals surface area contributed by atoms with Crippen LogP contribution < -0.4 is 4.90 Å². The number of hydrogen-bond acceptors (Lipinski definition) is 4. The molecule has 0 bridgehead atoms. The van der Waals surface area contributed by atoms with Crippen LogP contribution in [0.15, 0.2) is 46.9 Å². The van der Waals surface area contributed by atoms with Crippen molar-refractivity contribution < 1.29 is 4.79 Å². The SMILES string of the molecule is O=C(N1CCN(c2nc3ccc(Br)cc3s2)CC1)C1(c2ccc(Cl)cc2)CCCC1. The van der Waals surface area contributed by atoms with Crippen molar-refractivity contribution in [1.82, 2.24) is 9.88 Å². The third-order valence-corrected chi connectivity index (χ3v) is 8.26. The molecular formula is C23H23BrClN3OS. The maximum atomic E-state index is 13.7. The van der Waals surface area contributed by atoms with E-state index in [4.69, 9.17) is 16.6 Å². The number of nitrogens with zero attached hydrogens (tertiary/aromatic N) is 3. The van der Waals surface area contributed by atoms with Crippen molar-refractivity contribution in [3.8, 4) is 0 Å². The van der Waals surface area contributed by atoms with Gasteiger partial charge in [0.25, 0.3) is 0 Å². The first-order valence-corrected chi connectivity index (χ1v) is 12.4. The number of rotatable bonds is 3. The Morgan fingerprint density at radius 1 is 1.03 bits per heavy atom. The number of carbonyl (C=O) groups excluding carboxylic acids is 1. The van der Waals surface area contributed by atoms with Crippen LogP contribution in [0.4, 0.5) is 5.13 Å². The molecule has 2 aromatic carbocycles. The first kappa shape index (κ1) is 20.3. The fourth-order valence-electron chi connectivity index (χ4n) is 4.80. The Hall–Kier alpha value is -1.63. The van der Waals surface area contributed by atoms with Gasteiger partial charge >= 0.3 is 0 Å². The van der Waals surface area contributed by atoms with Crippen molar-refractivity contribution in [1.29, 1.82) is 0 Å². The number of halogens is 2. The molecule has 3 aromatic rings. The summed E-state index contributed by atoms with van der Waals surface area (Å²) in [7, 11) is 0. The average Bonchev–Trinajstić information content (AvgIpc) is 3.41. The molecule has 1 aliphatic heterocycles. The molecule has 5 rings (SSSR count). The number of anilines is 1. The van der Waals surface area contributed by atoms with Crippen LogP contribution in [0, 0.1) is 0 Å². The standard InChI is InChI=1S/C23H23BrClN3OS/c24-17-5-8-19-20(15-17)30-22(26-19)28-13-11-27(12-14-28)21(29)23(9-1-2-10-23)16-3-6-18(25)7-4-16/h3-8,15H,1-2,9-14H2. The molecular weight excluding hydrogens is 482 g/mol. The highest BCUT2D eigenvalue weighted by Crippen LogP contribution is 2.43. The van der Waals surface area contributed by atoms with Crippen molar-refractivity contribution in [2.24, 2.45) is 0 Å². The second kappa shape index (κ2) is 8.13. The van der Waals surface area contributed by atoms with Crippen LogP contribution in [-0.4, -0.2) is 42.0 Å². The number of piperazine rings is 1. The summed E-state index contributed by atoms with van der Waals surface area (Å²) in [6, 6.07) is 14.1. The summed E-state index contributed by atoms with van der Waals surface area (Å²) in [5.41, 5.74) is 1.77. The van der Waals surface area contributed by atoms with E-state index in [0.717, 1.165) is 77.6 Å². The van der Waals surface area contributed by atoms with Gasteiger partial charge in [-0.15, -0.1) is 0 Å². The van der Waals surface area contributed by atoms with Crippen LogP contribution in [-0.2, 0) is 10.2 Å². The molecule has 30 heavy (non-hydrogen) atoms. The minimum atomic E-state index is -0.380. The lowest BCUT2D eigenvalue weighted by molar-refractivity contribution is -0.137. The fourth-order valence-corrected chi connectivity index (χ4v) is 6.49. The molecule has 0 N–H and O–H groups in total. The molecule has 0 unspecified atom stereocenters. The van der Waals surface area contributed by atoms with Gasteiger partial charge < -0.3 is 9.80 Å². The van der Waals surface area contributed by atoms with Crippen molar-refractivity contribution in [3.05, 3.63) is 57.5 Å². The van der Waals surface area contributed by atoms with Crippen LogP contribution in [0.25, 0.3) is 10.2 Å². The van der Waals surface area contributed by atoms with Crippen molar-refractivity contribution >= 4 is 60.1 Å². The Labute approximate surface area is 194 Å². The first-order chi connectivity index (χ1) is 14.5. The number of amides is 1. The lowest BCUT2D eigenvalue weighted by Gasteiger charge is -2.40. The largest absolute Gasteiger partial charge is 0.345 e. The van der Waals surface area contributed by atoms with Gasteiger partial charge in [0.15, 0.2) is 5.13 Å². The third-order valence-electron chi connectivity index (χ3n) is 6.44. The molecule has 0 atom stereocenters. The normalized spacial score (nSPS) is 18.9. The van der Waals surface area contributed by atoms with Gasteiger partial charge in [-0.1, -0.05) is 63.8 Å². The van der Waals surface area contributed by atoms with E-state index in [1.807, 2.05) is 30.3 Å². The number of aromatic nitrogens is 1. The monoisotopic (exact) mass is 503 g/mol. The lowest BCUT2D eigenvalue weighted by Crippen LogP contribution is -2.54. The molecule has 0 radical (unpaired) electrons. The molecule has 1 saturated carbocycles. The third kappa shape index (κ3) is 3.63. The highest BCUT2D eigenvalue weighted by Gasteiger charge is 2.45. The van der Waals surface area contributed by atoms with E-state index in [0.29, 0.717) is 0 Å². The summed E-state index contributed by atoms with van der Waals surface area (Å²) < 4.78 is 2.26. The zero-order valence-electron chi connectivity index (χ0n) is 16.6. The number of benzene rings is 2. The minimum Gasteiger partial charge on any atom is -0.345 e. The number of thiazole rings is 1. The quantitative estimate of drug-likeness (QED) is 0.447. The van der Waals surface area contributed by atoms with Gasteiger partial charge in [-0.05, 0) is 48.7 Å². The smallest absolute Gasteiger partial charge is 0.233 e. The summed E-state index contributed by atoms with van der Waals surface area (Å²) in [5, 5.41) is 1.76.